The van der Waals surface area contributed by atoms with Crippen LogP contribution < -0.4 is 5.32 Å². The van der Waals surface area contributed by atoms with E-state index in [2.05, 4.69) is 10.5 Å². The first-order chi connectivity index (χ1) is 10.9. The number of oxime groups is 1. The Morgan fingerprint density at radius 3 is 2.96 bits per heavy atom. The maximum Gasteiger partial charge on any atom is 0.353 e. The fourth-order valence-corrected chi connectivity index (χ4v) is 3.04. The summed E-state index contributed by atoms with van der Waals surface area (Å²) < 4.78 is 0. The maximum atomic E-state index is 11.8. The van der Waals surface area contributed by atoms with Crippen LogP contribution in [-0.4, -0.2) is 40.6 Å². The van der Waals surface area contributed by atoms with Crippen molar-refractivity contribution in [1.29, 1.82) is 0 Å². The number of carboxylic acid groups (broad SMARTS) is 1. The van der Waals surface area contributed by atoms with Crippen molar-refractivity contribution in [3.63, 3.8) is 0 Å². The number of hydrogen-bond acceptors (Lipinski definition) is 5. The molecule has 1 aromatic carbocycles. The van der Waals surface area contributed by atoms with Crippen molar-refractivity contribution >= 4 is 41.0 Å². The van der Waals surface area contributed by atoms with Gasteiger partial charge >= 0.3 is 5.97 Å². The molecule has 6 nitrogen and oxygen atoms in total. The SMILES string of the molecule is CC1(CNC(=O)CSCc2cccc(Cl)c2)CC(C(=O)O)=NO1. The first-order valence-corrected chi connectivity index (χ1v) is 8.48. The van der Waals surface area contributed by atoms with Gasteiger partial charge in [-0.15, -0.1) is 11.8 Å². The van der Waals surface area contributed by atoms with Crippen molar-refractivity contribution in [2.24, 2.45) is 5.16 Å². The van der Waals surface area contributed by atoms with Crippen molar-refractivity contribution in [3.05, 3.63) is 34.9 Å². The zero-order chi connectivity index (χ0) is 16.9. The lowest BCUT2D eigenvalue weighted by molar-refractivity contribution is -0.129. The molecule has 23 heavy (non-hydrogen) atoms. The van der Waals surface area contributed by atoms with Crippen LogP contribution in [0.2, 0.25) is 5.02 Å². The Hall–Kier alpha value is -1.73. The normalized spacial score (nSPS) is 19.8. The van der Waals surface area contributed by atoms with Crippen molar-refractivity contribution < 1.29 is 19.5 Å². The zero-order valence-corrected chi connectivity index (χ0v) is 14.1. The minimum atomic E-state index is -1.10. The van der Waals surface area contributed by atoms with Gasteiger partial charge in [0, 0.05) is 17.2 Å². The third-order valence-electron chi connectivity index (χ3n) is 3.21. The summed E-state index contributed by atoms with van der Waals surface area (Å²) in [5.74, 6) is -0.244. The fraction of sp³-hybridized carbons (Fsp3) is 0.400. The van der Waals surface area contributed by atoms with E-state index in [4.69, 9.17) is 21.5 Å². The van der Waals surface area contributed by atoms with E-state index in [9.17, 15) is 9.59 Å². The largest absolute Gasteiger partial charge is 0.477 e. The molecule has 1 aromatic rings. The summed E-state index contributed by atoms with van der Waals surface area (Å²) >= 11 is 7.38. The average Bonchev–Trinajstić information content (AvgIpc) is 2.89. The summed E-state index contributed by atoms with van der Waals surface area (Å²) in [6.07, 6.45) is 0.165. The molecule has 1 unspecified atom stereocenters. The minimum Gasteiger partial charge on any atom is -0.477 e. The number of nitrogens with one attached hydrogen (secondary N) is 1. The highest BCUT2D eigenvalue weighted by Crippen LogP contribution is 2.23. The van der Waals surface area contributed by atoms with Gasteiger partial charge in [-0.2, -0.15) is 0 Å². The lowest BCUT2D eigenvalue weighted by Gasteiger charge is -2.21. The zero-order valence-electron chi connectivity index (χ0n) is 12.5. The molecule has 1 aliphatic rings. The number of hydrogen-bond donors (Lipinski definition) is 2. The molecule has 2 rings (SSSR count). The van der Waals surface area contributed by atoms with E-state index >= 15 is 0 Å². The van der Waals surface area contributed by atoms with E-state index in [-0.39, 0.29) is 24.6 Å². The number of carbonyl (C=O) groups excluding carboxylic acids is 1. The van der Waals surface area contributed by atoms with Crippen molar-refractivity contribution in [2.45, 2.75) is 24.7 Å². The molecule has 8 heteroatoms. The van der Waals surface area contributed by atoms with Crippen LogP contribution in [0.3, 0.4) is 0 Å². The second-order valence-electron chi connectivity index (χ2n) is 5.46. The molecule has 1 aliphatic heterocycles. The van der Waals surface area contributed by atoms with Crippen molar-refractivity contribution in [2.75, 3.05) is 12.3 Å². The standard InChI is InChI=1S/C15H17ClN2O4S/c1-15(6-12(14(20)21)18-22-15)9-17-13(19)8-23-7-10-3-2-4-11(16)5-10/h2-5H,6-9H2,1H3,(H,17,19)(H,20,21). The van der Waals surface area contributed by atoms with Gasteiger partial charge in [0.1, 0.15) is 0 Å². The van der Waals surface area contributed by atoms with E-state index in [0.29, 0.717) is 16.5 Å². The Morgan fingerprint density at radius 1 is 1.52 bits per heavy atom. The molecular weight excluding hydrogens is 340 g/mol. The molecule has 0 bridgehead atoms. The predicted molar refractivity (Wildman–Crippen MR) is 89.8 cm³/mol. The van der Waals surface area contributed by atoms with Crippen LogP contribution in [-0.2, 0) is 20.2 Å². The lowest BCUT2D eigenvalue weighted by Crippen LogP contribution is -2.41. The number of halogens is 1. The fourth-order valence-electron chi connectivity index (χ4n) is 2.02. The Labute approximate surface area is 143 Å². The number of carbonyl (C=O) groups is 2. The van der Waals surface area contributed by atoms with Gasteiger partial charge in [-0.05, 0) is 24.6 Å². The summed E-state index contributed by atoms with van der Waals surface area (Å²) in [5, 5.41) is 15.8. The highest BCUT2D eigenvalue weighted by Gasteiger charge is 2.37. The number of aliphatic carboxylic acids is 1. The van der Waals surface area contributed by atoms with Crippen LogP contribution in [0.4, 0.5) is 0 Å². The van der Waals surface area contributed by atoms with E-state index in [1.807, 2.05) is 18.2 Å². The molecule has 0 saturated heterocycles. The van der Waals surface area contributed by atoms with Gasteiger partial charge in [0.2, 0.25) is 5.91 Å². The molecule has 1 atom stereocenters. The van der Waals surface area contributed by atoms with Gasteiger partial charge in [0.05, 0.1) is 12.3 Å². The minimum absolute atomic E-state index is 0.0305. The van der Waals surface area contributed by atoms with E-state index in [1.54, 1.807) is 13.0 Å². The molecule has 0 saturated carbocycles. The number of thioether (sulfide) groups is 1. The number of benzene rings is 1. The van der Waals surface area contributed by atoms with Gasteiger partial charge in [0.25, 0.3) is 0 Å². The summed E-state index contributed by atoms with van der Waals surface area (Å²) in [7, 11) is 0. The van der Waals surface area contributed by atoms with Crippen LogP contribution in [0, 0.1) is 0 Å². The monoisotopic (exact) mass is 356 g/mol. The van der Waals surface area contributed by atoms with E-state index in [0.717, 1.165) is 5.56 Å². The predicted octanol–water partition coefficient (Wildman–Crippen LogP) is 2.31. The summed E-state index contributed by atoms with van der Waals surface area (Å²) in [4.78, 5) is 27.8. The van der Waals surface area contributed by atoms with Crippen LogP contribution >= 0.6 is 23.4 Å². The van der Waals surface area contributed by atoms with Gasteiger partial charge in [0.15, 0.2) is 11.3 Å². The van der Waals surface area contributed by atoms with Crippen LogP contribution in [0.5, 0.6) is 0 Å². The molecule has 0 radical (unpaired) electrons. The smallest absolute Gasteiger partial charge is 0.353 e. The molecule has 0 aromatic heterocycles. The summed E-state index contributed by atoms with van der Waals surface area (Å²) in [6.45, 7) is 1.93. The number of nitrogens with zero attached hydrogens (tertiary/aromatic N) is 1. The van der Waals surface area contributed by atoms with Crippen LogP contribution in [0.25, 0.3) is 0 Å². The number of amides is 1. The Kier molecular flexibility index (Phi) is 5.90. The molecule has 1 amide bonds. The third kappa shape index (κ3) is 5.44. The topological polar surface area (TPSA) is 88.0 Å². The number of carboxylic acids is 1. The van der Waals surface area contributed by atoms with Gasteiger partial charge in [-0.25, -0.2) is 4.79 Å². The summed E-state index contributed by atoms with van der Waals surface area (Å²) in [5.41, 5.74) is 0.221. The van der Waals surface area contributed by atoms with Crippen molar-refractivity contribution in [1.82, 2.24) is 5.32 Å². The van der Waals surface area contributed by atoms with Gasteiger partial charge in [-0.1, -0.05) is 28.9 Å². The highest BCUT2D eigenvalue weighted by atomic mass is 35.5. The maximum absolute atomic E-state index is 11.8. The second kappa shape index (κ2) is 7.70. The number of rotatable bonds is 7. The highest BCUT2D eigenvalue weighted by molar-refractivity contribution is 7.99. The molecule has 2 N–H and O–H groups in total. The Morgan fingerprint density at radius 2 is 2.30 bits per heavy atom. The molecular formula is C15H17ClN2O4S. The first kappa shape index (κ1) is 17.6. The van der Waals surface area contributed by atoms with Crippen molar-refractivity contribution in [3.8, 4) is 0 Å². The van der Waals surface area contributed by atoms with Crippen LogP contribution in [0.1, 0.15) is 18.9 Å². The van der Waals surface area contributed by atoms with E-state index in [1.165, 1.54) is 11.8 Å². The Bertz CT molecular complexity index is 638. The third-order valence-corrected chi connectivity index (χ3v) is 4.45. The first-order valence-electron chi connectivity index (χ1n) is 6.95. The molecule has 0 aliphatic carbocycles. The quantitative estimate of drug-likeness (QED) is 0.782. The van der Waals surface area contributed by atoms with Gasteiger partial charge in [-0.3, -0.25) is 4.79 Å². The molecule has 0 fully saturated rings. The average molecular weight is 357 g/mol. The summed E-state index contributed by atoms with van der Waals surface area (Å²) in [6, 6.07) is 7.49. The lowest BCUT2D eigenvalue weighted by atomic mass is 10.00. The molecule has 1 heterocycles. The Balaban J connectivity index is 1.69. The van der Waals surface area contributed by atoms with Crippen LogP contribution in [0.15, 0.2) is 29.4 Å². The van der Waals surface area contributed by atoms with Gasteiger partial charge < -0.3 is 15.3 Å². The molecule has 0 spiro atoms. The molecule has 124 valence electrons. The van der Waals surface area contributed by atoms with E-state index < -0.39 is 11.6 Å². The second-order valence-corrected chi connectivity index (χ2v) is 6.88.